The van der Waals surface area contributed by atoms with Gasteiger partial charge < -0.3 is 40.4 Å². The van der Waals surface area contributed by atoms with Crippen LogP contribution in [0.25, 0.3) is 11.1 Å². The van der Waals surface area contributed by atoms with Crippen molar-refractivity contribution in [2.24, 2.45) is 5.92 Å². The second-order valence-electron chi connectivity index (χ2n) is 14.0. The number of hydrogen-bond acceptors (Lipinski definition) is 7. The Hall–Kier alpha value is -6.07. The molecule has 4 amide bonds. The molecule has 286 valence electrons. The van der Waals surface area contributed by atoms with Crippen LogP contribution in [0.2, 0.25) is 0 Å². The third-order valence-corrected chi connectivity index (χ3v) is 9.78. The van der Waals surface area contributed by atoms with E-state index in [0.29, 0.717) is 38.1 Å². The predicted octanol–water partition coefficient (Wildman–Crippen LogP) is 6.44. The van der Waals surface area contributed by atoms with Gasteiger partial charge >= 0.3 is 6.03 Å². The number of nitrogens with zero attached hydrogens (tertiary/aromatic N) is 1. The van der Waals surface area contributed by atoms with Gasteiger partial charge in [0, 0.05) is 30.9 Å². The van der Waals surface area contributed by atoms with Gasteiger partial charge in [0.1, 0.15) is 23.6 Å². The van der Waals surface area contributed by atoms with Crippen molar-refractivity contribution in [2.45, 2.75) is 58.3 Å². The summed E-state index contributed by atoms with van der Waals surface area (Å²) in [5.74, 6) is 1.08. The molecule has 4 aromatic carbocycles. The fourth-order valence-electron chi connectivity index (χ4n) is 6.88. The highest BCUT2D eigenvalue weighted by atomic mass is 16.5. The zero-order chi connectivity index (χ0) is 38.7. The van der Waals surface area contributed by atoms with Crippen molar-refractivity contribution in [1.82, 2.24) is 16.0 Å². The van der Waals surface area contributed by atoms with Gasteiger partial charge in [0.25, 0.3) is 0 Å². The highest BCUT2D eigenvalue weighted by Crippen LogP contribution is 2.33. The molecule has 2 atom stereocenters. The smallest absolute Gasteiger partial charge is 0.315 e. The molecular formula is C44H49N5O6. The van der Waals surface area contributed by atoms with E-state index in [2.05, 4.69) is 21.3 Å². The zero-order valence-corrected chi connectivity index (χ0v) is 31.5. The molecule has 11 nitrogen and oxygen atoms in total. The van der Waals surface area contributed by atoms with Crippen LogP contribution in [0.1, 0.15) is 48.3 Å². The number of carbonyl (C=O) groups is 3. The lowest BCUT2D eigenvalue weighted by atomic mass is 9.98. The number of furan rings is 1. The average molecular weight is 744 g/mol. The van der Waals surface area contributed by atoms with E-state index < -0.39 is 12.1 Å². The van der Waals surface area contributed by atoms with Crippen molar-refractivity contribution in [1.29, 1.82) is 0 Å². The molecule has 0 aliphatic carbocycles. The summed E-state index contributed by atoms with van der Waals surface area (Å²) >= 11 is 0. The van der Waals surface area contributed by atoms with Crippen LogP contribution in [-0.2, 0) is 35.5 Å². The number of carbonyl (C=O) groups excluding carboxylic acids is 3. The normalized spacial score (nSPS) is 14.5. The van der Waals surface area contributed by atoms with Crippen molar-refractivity contribution in [3.8, 4) is 16.9 Å². The minimum Gasteiger partial charge on any atom is -0.497 e. The van der Waals surface area contributed by atoms with Crippen LogP contribution in [0, 0.1) is 5.92 Å². The van der Waals surface area contributed by atoms with Crippen molar-refractivity contribution in [3.63, 3.8) is 0 Å². The first-order valence-corrected chi connectivity index (χ1v) is 18.7. The lowest BCUT2D eigenvalue weighted by Crippen LogP contribution is -2.52. The quantitative estimate of drug-likeness (QED) is 0.0831. The number of hydrogen-bond donors (Lipinski definition) is 5. The van der Waals surface area contributed by atoms with E-state index in [0.717, 1.165) is 50.5 Å². The van der Waals surface area contributed by atoms with E-state index in [9.17, 15) is 14.4 Å². The van der Waals surface area contributed by atoms with E-state index in [1.165, 1.54) is 0 Å². The van der Waals surface area contributed by atoms with Gasteiger partial charge in [-0.3, -0.25) is 9.59 Å². The number of amides is 4. The van der Waals surface area contributed by atoms with E-state index in [1.807, 2.05) is 117 Å². The molecular weight excluding hydrogens is 695 g/mol. The van der Waals surface area contributed by atoms with Crippen molar-refractivity contribution in [2.75, 3.05) is 30.5 Å². The Morgan fingerprint density at radius 2 is 1.75 bits per heavy atom. The Morgan fingerprint density at radius 3 is 2.49 bits per heavy atom. The number of nitrogens with one attached hydrogen (secondary N) is 4. The number of aryl methyl sites for hydroxylation is 1. The van der Waals surface area contributed by atoms with Gasteiger partial charge in [0.2, 0.25) is 11.8 Å². The number of ether oxygens (including phenoxy) is 1. The summed E-state index contributed by atoms with van der Waals surface area (Å²) in [6, 6.07) is 31.7. The molecule has 5 aromatic rings. The molecule has 1 aliphatic rings. The molecule has 0 saturated heterocycles. The first kappa shape index (κ1) is 38.6. The molecule has 1 unspecified atom stereocenters. The summed E-state index contributed by atoms with van der Waals surface area (Å²) in [6.45, 7) is 4.64. The topological polar surface area (TPSA) is 145 Å². The maximum absolute atomic E-state index is 14.5. The Bertz CT molecular complexity index is 2060. The SMILES string of the molecule is COc1ccc2c(c1)CC[C@@H](NC(=O)C(Nc1cccc(Cc3ccco3)c1)C(C)C)C(=O)N2Cc1ccc(-c2ccccc2CNC(=O)NCCO)cc1. The number of rotatable bonds is 15. The van der Waals surface area contributed by atoms with E-state index in [4.69, 9.17) is 14.3 Å². The number of fused-ring (bicyclic) bond motifs is 1. The summed E-state index contributed by atoms with van der Waals surface area (Å²) < 4.78 is 11.1. The highest BCUT2D eigenvalue weighted by Gasteiger charge is 2.34. The minimum absolute atomic E-state index is 0.0602. The molecule has 0 radical (unpaired) electrons. The molecule has 0 fully saturated rings. The molecule has 0 spiro atoms. The maximum atomic E-state index is 14.5. The molecule has 0 saturated carbocycles. The van der Waals surface area contributed by atoms with Gasteiger partial charge in [-0.2, -0.15) is 0 Å². The predicted molar refractivity (Wildman–Crippen MR) is 214 cm³/mol. The van der Waals surface area contributed by atoms with Crippen LogP contribution >= 0.6 is 0 Å². The maximum Gasteiger partial charge on any atom is 0.315 e. The van der Waals surface area contributed by atoms with E-state index in [-0.39, 0.29) is 36.9 Å². The minimum atomic E-state index is -0.743. The fraction of sp³-hybridized carbons (Fsp3) is 0.295. The first-order valence-electron chi connectivity index (χ1n) is 18.7. The third kappa shape index (κ3) is 9.93. The molecule has 55 heavy (non-hydrogen) atoms. The summed E-state index contributed by atoms with van der Waals surface area (Å²) in [5, 5.41) is 21.0. The standard InChI is InChI=1S/C44H49N5O6/c1-29(2)41(47-35-10-6-8-31(24-35)25-37-11-7-23-55-37)42(51)48-39-19-17-33-26-36(54-3)18-20-40(33)49(43(39)52)28-30-13-15-32(16-14-30)38-12-5-4-9-34(38)27-46-44(53)45-21-22-50/h4-16,18,20,23-24,26,29,39,41,47,50H,17,19,21-22,25,27-28H2,1-3H3,(H,48,51)(H2,45,46,53)/t39-,41?/m1/s1. The Kier molecular flexibility index (Phi) is 12.9. The highest BCUT2D eigenvalue weighted by molar-refractivity contribution is 6.01. The molecule has 1 aliphatic heterocycles. The van der Waals surface area contributed by atoms with Crippen LogP contribution in [0.3, 0.4) is 0 Å². The van der Waals surface area contributed by atoms with Crippen molar-refractivity contribution >= 4 is 29.2 Å². The molecule has 6 rings (SSSR count). The summed E-state index contributed by atoms with van der Waals surface area (Å²) in [5.41, 5.74) is 7.42. The van der Waals surface area contributed by atoms with E-state index in [1.54, 1.807) is 18.3 Å². The van der Waals surface area contributed by atoms with Crippen LogP contribution < -0.4 is 30.9 Å². The second kappa shape index (κ2) is 18.3. The average Bonchev–Trinajstić information content (AvgIpc) is 3.68. The number of urea groups is 1. The first-order chi connectivity index (χ1) is 26.7. The lowest BCUT2D eigenvalue weighted by Gasteiger charge is -2.29. The van der Waals surface area contributed by atoms with E-state index >= 15 is 0 Å². The number of aliphatic hydroxyl groups excluding tert-OH is 1. The van der Waals surface area contributed by atoms with Gasteiger partial charge in [0.05, 0.1) is 26.5 Å². The van der Waals surface area contributed by atoms with Crippen molar-refractivity contribution in [3.05, 3.63) is 137 Å². The Morgan fingerprint density at radius 1 is 0.927 bits per heavy atom. The van der Waals surface area contributed by atoms with Gasteiger partial charge in [-0.1, -0.05) is 74.5 Å². The van der Waals surface area contributed by atoms with Crippen LogP contribution in [0.15, 0.2) is 114 Å². The summed E-state index contributed by atoms with van der Waals surface area (Å²) in [4.78, 5) is 42.4. The largest absolute Gasteiger partial charge is 0.497 e. The monoisotopic (exact) mass is 743 g/mol. The Labute approximate surface area is 322 Å². The molecule has 11 heteroatoms. The van der Waals surface area contributed by atoms with Crippen LogP contribution in [-0.4, -0.2) is 55.3 Å². The number of methoxy groups -OCH3 is 1. The molecule has 2 heterocycles. The lowest BCUT2D eigenvalue weighted by molar-refractivity contribution is -0.128. The molecule has 5 N–H and O–H groups in total. The fourth-order valence-corrected chi connectivity index (χ4v) is 6.88. The van der Waals surface area contributed by atoms with Crippen LogP contribution in [0.5, 0.6) is 5.75 Å². The number of aliphatic hydroxyl groups is 1. The molecule has 1 aromatic heterocycles. The third-order valence-electron chi connectivity index (χ3n) is 9.78. The van der Waals surface area contributed by atoms with Gasteiger partial charge in [0.15, 0.2) is 0 Å². The van der Waals surface area contributed by atoms with Crippen molar-refractivity contribution < 1.29 is 28.6 Å². The number of benzene rings is 4. The summed E-state index contributed by atoms with van der Waals surface area (Å²) in [7, 11) is 1.62. The van der Waals surface area contributed by atoms with Gasteiger partial charge in [-0.05, 0) is 94.6 Å². The van der Waals surface area contributed by atoms with Crippen LogP contribution in [0.4, 0.5) is 16.2 Å². The Balaban J connectivity index is 1.19. The second-order valence-corrected chi connectivity index (χ2v) is 14.0. The number of anilines is 2. The molecule has 0 bridgehead atoms. The summed E-state index contributed by atoms with van der Waals surface area (Å²) in [6.07, 6.45) is 3.31. The zero-order valence-electron chi connectivity index (χ0n) is 31.5. The van der Waals surface area contributed by atoms with Gasteiger partial charge in [-0.25, -0.2) is 4.79 Å². The van der Waals surface area contributed by atoms with Gasteiger partial charge in [-0.15, -0.1) is 0 Å².